The van der Waals surface area contributed by atoms with Crippen LogP contribution in [0.15, 0.2) is 27.2 Å². The van der Waals surface area contributed by atoms with Gasteiger partial charge in [0.25, 0.3) is 0 Å². The Morgan fingerprint density at radius 3 is 2.64 bits per heavy atom. The number of rotatable bonds is 1. The normalized spacial score (nSPS) is 10.5. The van der Waals surface area contributed by atoms with Crippen LogP contribution in [0.5, 0.6) is 0 Å². The second-order valence-electron chi connectivity index (χ2n) is 3.10. The summed E-state index contributed by atoms with van der Waals surface area (Å²) in [5.74, 6) is 1.22. The van der Waals surface area contributed by atoms with Gasteiger partial charge in [-0.2, -0.15) is 4.98 Å². The van der Waals surface area contributed by atoms with Crippen molar-refractivity contribution in [1.29, 1.82) is 0 Å². The van der Waals surface area contributed by atoms with Gasteiger partial charge in [0.05, 0.1) is 0 Å². The highest BCUT2D eigenvalue weighted by atomic mass is 79.9. The maximum Gasteiger partial charge on any atom is 0.223 e. The summed E-state index contributed by atoms with van der Waals surface area (Å²) in [6.45, 7) is 3.81. The molecule has 0 unspecified atom stereocenters. The van der Waals surface area contributed by atoms with Crippen LogP contribution in [0.2, 0.25) is 0 Å². The summed E-state index contributed by atoms with van der Waals surface area (Å²) in [6.07, 6.45) is 0. The molecule has 1 aromatic carbocycles. The van der Waals surface area contributed by atoms with Gasteiger partial charge < -0.3 is 4.52 Å². The fourth-order valence-corrected chi connectivity index (χ4v) is 1.45. The zero-order chi connectivity index (χ0) is 10.1. The minimum Gasteiger partial charge on any atom is -0.339 e. The molecule has 0 aliphatic carbocycles. The molecular formula is C10H9BrN2O. The molecule has 4 heteroatoms. The molecular weight excluding hydrogens is 244 g/mol. The summed E-state index contributed by atoms with van der Waals surface area (Å²) in [5.41, 5.74) is 2.13. The second-order valence-corrected chi connectivity index (χ2v) is 3.96. The Morgan fingerprint density at radius 1 is 1.29 bits per heavy atom. The molecule has 14 heavy (non-hydrogen) atoms. The first-order valence-corrected chi connectivity index (χ1v) is 5.03. The summed E-state index contributed by atoms with van der Waals surface area (Å²) in [5, 5.41) is 3.86. The Labute approximate surface area is 90.3 Å². The van der Waals surface area contributed by atoms with E-state index in [2.05, 4.69) is 26.1 Å². The highest BCUT2D eigenvalue weighted by Gasteiger charge is 2.06. The standard InChI is InChI=1S/C10H9BrN2O/c1-6-5-8(3-4-9(6)11)10-12-7(2)14-13-10/h3-5H,1-2H3. The van der Waals surface area contributed by atoms with Crippen LogP contribution in [-0.4, -0.2) is 10.1 Å². The van der Waals surface area contributed by atoms with Crippen molar-refractivity contribution in [1.82, 2.24) is 10.1 Å². The van der Waals surface area contributed by atoms with Crippen LogP contribution in [0, 0.1) is 13.8 Å². The van der Waals surface area contributed by atoms with Crippen LogP contribution < -0.4 is 0 Å². The third-order valence-electron chi connectivity index (χ3n) is 1.94. The van der Waals surface area contributed by atoms with Crippen molar-refractivity contribution in [2.24, 2.45) is 0 Å². The molecule has 0 aliphatic heterocycles. The molecule has 0 N–H and O–H groups in total. The van der Waals surface area contributed by atoms with E-state index in [1.54, 1.807) is 6.92 Å². The number of nitrogens with zero attached hydrogens (tertiary/aromatic N) is 2. The van der Waals surface area contributed by atoms with E-state index in [1.807, 2.05) is 25.1 Å². The monoisotopic (exact) mass is 252 g/mol. The van der Waals surface area contributed by atoms with Gasteiger partial charge in [-0.3, -0.25) is 0 Å². The van der Waals surface area contributed by atoms with Gasteiger partial charge in [-0.1, -0.05) is 21.1 Å². The Hall–Kier alpha value is -1.16. The van der Waals surface area contributed by atoms with Crippen LogP contribution >= 0.6 is 15.9 Å². The lowest BCUT2D eigenvalue weighted by Gasteiger charge is -1.99. The van der Waals surface area contributed by atoms with Gasteiger partial charge in [0.2, 0.25) is 11.7 Å². The van der Waals surface area contributed by atoms with Crippen LogP contribution in [0.1, 0.15) is 11.5 Å². The zero-order valence-corrected chi connectivity index (χ0v) is 9.50. The predicted molar refractivity (Wildman–Crippen MR) is 56.9 cm³/mol. The molecule has 0 saturated heterocycles. The topological polar surface area (TPSA) is 38.9 Å². The number of halogens is 1. The molecule has 0 bridgehead atoms. The van der Waals surface area contributed by atoms with Crippen molar-refractivity contribution in [3.8, 4) is 11.4 Å². The minimum absolute atomic E-state index is 0.584. The maximum absolute atomic E-state index is 4.92. The number of aromatic nitrogens is 2. The third kappa shape index (κ3) is 1.70. The fourth-order valence-electron chi connectivity index (χ4n) is 1.20. The summed E-state index contributed by atoms with van der Waals surface area (Å²) < 4.78 is 6.00. The average Bonchev–Trinajstić information content (AvgIpc) is 2.57. The lowest BCUT2D eigenvalue weighted by atomic mass is 10.1. The van der Waals surface area contributed by atoms with Crippen molar-refractivity contribution in [2.75, 3.05) is 0 Å². The highest BCUT2D eigenvalue weighted by Crippen LogP contribution is 2.22. The van der Waals surface area contributed by atoms with Crippen molar-refractivity contribution in [3.63, 3.8) is 0 Å². The second kappa shape index (κ2) is 3.53. The molecule has 0 amide bonds. The molecule has 0 saturated carbocycles. The van der Waals surface area contributed by atoms with Gasteiger partial charge in [0.1, 0.15) is 0 Å². The van der Waals surface area contributed by atoms with Crippen molar-refractivity contribution >= 4 is 15.9 Å². The SMILES string of the molecule is Cc1nc(-c2ccc(Br)c(C)c2)no1. The van der Waals surface area contributed by atoms with Gasteiger partial charge in [-0.25, -0.2) is 0 Å². The van der Waals surface area contributed by atoms with Crippen molar-refractivity contribution in [3.05, 3.63) is 34.1 Å². The Bertz CT molecular complexity index is 465. The first kappa shape index (κ1) is 9.40. The summed E-state index contributed by atoms with van der Waals surface area (Å²) >= 11 is 3.44. The van der Waals surface area contributed by atoms with Crippen molar-refractivity contribution in [2.45, 2.75) is 13.8 Å². The third-order valence-corrected chi connectivity index (χ3v) is 2.83. The van der Waals surface area contributed by atoms with Gasteiger partial charge in [0, 0.05) is 17.0 Å². The smallest absolute Gasteiger partial charge is 0.223 e. The van der Waals surface area contributed by atoms with E-state index < -0.39 is 0 Å². The number of benzene rings is 1. The van der Waals surface area contributed by atoms with E-state index in [-0.39, 0.29) is 0 Å². The van der Waals surface area contributed by atoms with Crippen LogP contribution in [0.4, 0.5) is 0 Å². The van der Waals surface area contributed by atoms with Crippen LogP contribution in [0.3, 0.4) is 0 Å². The molecule has 3 nitrogen and oxygen atoms in total. The summed E-state index contributed by atoms with van der Waals surface area (Å²) in [6, 6.07) is 5.96. The average molecular weight is 253 g/mol. The Morgan fingerprint density at radius 2 is 2.07 bits per heavy atom. The zero-order valence-electron chi connectivity index (χ0n) is 7.91. The van der Waals surface area contributed by atoms with Gasteiger partial charge in [-0.05, 0) is 30.7 Å². The van der Waals surface area contributed by atoms with Crippen LogP contribution in [-0.2, 0) is 0 Å². The number of aryl methyl sites for hydroxylation is 2. The lowest BCUT2D eigenvalue weighted by Crippen LogP contribution is -1.83. The molecule has 0 spiro atoms. The van der Waals surface area contributed by atoms with E-state index in [9.17, 15) is 0 Å². The van der Waals surface area contributed by atoms with Crippen molar-refractivity contribution < 1.29 is 4.52 Å². The molecule has 2 rings (SSSR count). The Kier molecular flexibility index (Phi) is 2.37. The number of hydrogen-bond acceptors (Lipinski definition) is 3. The highest BCUT2D eigenvalue weighted by molar-refractivity contribution is 9.10. The Balaban J connectivity index is 2.47. The lowest BCUT2D eigenvalue weighted by molar-refractivity contribution is 0.394. The maximum atomic E-state index is 4.92. The predicted octanol–water partition coefficient (Wildman–Crippen LogP) is 3.12. The molecule has 0 radical (unpaired) electrons. The first-order chi connectivity index (χ1) is 6.66. The van der Waals surface area contributed by atoms with Gasteiger partial charge in [-0.15, -0.1) is 0 Å². The van der Waals surface area contributed by atoms with Gasteiger partial charge >= 0.3 is 0 Å². The van der Waals surface area contributed by atoms with Crippen LogP contribution in [0.25, 0.3) is 11.4 Å². The van der Waals surface area contributed by atoms with E-state index in [1.165, 1.54) is 0 Å². The van der Waals surface area contributed by atoms with E-state index in [4.69, 9.17) is 4.52 Å². The fraction of sp³-hybridized carbons (Fsp3) is 0.200. The molecule has 2 aromatic rings. The van der Waals surface area contributed by atoms with E-state index in [0.29, 0.717) is 11.7 Å². The number of hydrogen-bond donors (Lipinski definition) is 0. The van der Waals surface area contributed by atoms with E-state index in [0.717, 1.165) is 15.6 Å². The summed E-state index contributed by atoms with van der Waals surface area (Å²) in [4.78, 5) is 4.16. The van der Waals surface area contributed by atoms with Gasteiger partial charge in [0.15, 0.2) is 0 Å². The molecule has 0 atom stereocenters. The largest absolute Gasteiger partial charge is 0.339 e. The molecule has 1 aromatic heterocycles. The molecule has 1 heterocycles. The summed E-state index contributed by atoms with van der Waals surface area (Å²) in [7, 11) is 0. The molecule has 0 aliphatic rings. The molecule has 0 fully saturated rings. The quantitative estimate of drug-likeness (QED) is 0.783. The van der Waals surface area contributed by atoms with E-state index >= 15 is 0 Å². The molecule has 72 valence electrons. The first-order valence-electron chi connectivity index (χ1n) is 4.23. The minimum atomic E-state index is 0.584.